The first kappa shape index (κ1) is 19.2. The molecule has 0 aromatic carbocycles. The summed E-state index contributed by atoms with van der Waals surface area (Å²) < 4.78 is 42.6. The highest BCUT2D eigenvalue weighted by Crippen LogP contribution is 2.26. The minimum absolute atomic E-state index is 0.0843. The van der Waals surface area contributed by atoms with E-state index in [-0.39, 0.29) is 36.3 Å². The summed E-state index contributed by atoms with van der Waals surface area (Å²) in [5.74, 6) is -0.404. The van der Waals surface area contributed by atoms with Gasteiger partial charge in [0, 0.05) is 25.8 Å². The van der Waals surface area contributed by atoms with Crippen molar-refractivity contribution in [2.24, 2.45) is 12.8 Å². The van der Waals surface area contributed by atoms with Crippen molar-refractivity contribution in [2.45, 2.75) is 25.1 Å². The van der Waals surface area contributed by atoms with Crippen LogP contribution in [0.2, 0.25) is 0 Å². The summed E-state index contributed by atoms with van der Waals surface area (Å²) in [5.41, 5.74) is 5.91. The van der Waals surface area contributed by atoms with Gasteiger partial charge in [0.25, 0.3) is 12.3 Å². The van der Waals surface area contributed by atoms with Gasteiger partial charge in [-0.3, -0.25) is 9.48 Å². The number of hydrogen-bond acceptors (Lipinski definition) is 6. The normalized spacial score (nSPS) is 19.9. The number of amides is 1. The molecule has 0 aliphatic carbocycles. The summed E-state index contributed by atoms with van der Waals surface area (Å²) in [6.45, 7) is 0.498. The van der Waals surface area contributed by atoms with Crippen LogP contribution in [-0.2, 0) is 7.05 Å². The maximum absolute atomic E-state index is 13.9. The second-order valence-electron chi connectivity index (χ2n) is 6.97. The molecule has 4 rings (SSSR count). The fourth-order valence-electron chi connectivity index (χ4n) is 3.40. The number of carbonyl (C=O) groups excluding carboxylic acids is 1. The second-order valence-corrected chi connectivity index (χ2v) is 6.97. The third kappa shape index (κ3) is 3.75. The van der Waals surface area contributed by atoms with E-state index in [4.69, 9.17) is 5.73 Å². The van der Waals surface area contributed by atoms with Crippen LogP contribution in [0.15, 0.2) is 24.5 Å². The molecule has 0 bridgehead atoms. The van der Waals surface area contributed by atoms with Crippen LogP contribution in [0.5, 0.6) is 0 Å². The van der Waals surface area contributed by atoms with Gasteiger partial charge < -0.3 is 16.0 Å². The Labute approximate surface area is 163 Å². The lowest BCUT2D eigenvalue weighted by Crippen LogP contribution is -2.48. The lowest BCUT2D eigenvalue weighted by atomic mass is 10.1. The van der Waals surface area contributed by atoms with Gasteiger partial charge in [-0.25, -0.2) is 22.7 Å². The van der Waals surface area contributed by atoms with Crippen LogP contribution >= 0.6 is 0 Å². The Bertz CT molecular complexity index is 1040. The summed E-state index contributed by atoms with van der Waals surface area (Å²) >= 11 is 0. The fraction of sp³-hybridized carbons (Fsp3) is 0.412. The molecule has 2 atom stereocenters. The van der Waals surface area contributed by atoms with Crippen LogP contribution in [0.3, 0.4) is 0 Å². The molecule has 1 saturated heterocycles. The first-order chi connectivity index (χ1) is 13.8. The minimum atomic E-state index is -2.83. The quantitative estimate of drug-likeness (QED) is 0.678. The van der Waals surface area contributed by atoms with Crippen molar-refractivity contribution in [1.29, 1.82) is 0 Å². The van der Waals surface area contributed by atoms with Crippen LogP contribution in [-0.4, -0.2) is 55.6 Å². The molecule has 3 aromatic heterocycles. The van der Waals surface area contributed by atoms with Gasteiger partial charge in [-0.2, -0.15) is 5.10 Å². The number of nitrogens with one attached hydrogen (secondary N) is 1. The molecule has 1 fully saturated rings. The largest absolute Gasteiger partial charge is 0.335 e. The summed E-state index contributed by atoms with van der Waals surface area (Å²) in [4.78, 5) is 18.5. The molecule has 1 aliphatic heterocycles. The Balaban J connectivity index is 1.63. The maximum atomic E-state index is 13.9. The van der Waals surface area contributed by atoms with Gasteiger partial charge in [-0.15, -0.1) is 5.10 Å². The molecule has 0 radical (unpaired) electrons. The average Bonchev–Trinajstić information content (AvgIpc) is 3.23. The number of halogens is 3. The van der Waals surface area contributed by atoms with Crippen molar-refractivity contribution >= 4 is 23.1 Å². The number of anilines is 2. The summed E-state index contributed by atoms with van der Waals surface area (Å²) in [5, 5.41) is 10.4. The summed E-state index contributed by atoms with van der Waals surface area (Å²) in [6.07, 6.45) is -0.855. The van der Waals surface area contributed by atoms with Crippen LogP contribution in [0.1, 0.15) is 29.0 Å². The zero-order chi connectivity index (χ0) is 20.7. The third-order valence-corrected chi connectivity index (χ3v) is 4.65. The van der Waals surface area contributed by atoms with Gasteiger partial charge >= 0.3 is 0 Å². The van der Waals surface area contributed by atoms with Crippen LogP contribution in [0, 0.1) is 0 Å². The number of nitrogens with zero attached hydrogens (tertiary/aromatic N) is 6. The molecule has 3 aromatic rings. The maximum Gasteiger partial charge on any atom is 0.284 e. The summed E-state index contributed by atoms with van der Waals surface area (Å²) in [7, 11) is 1.48. The minimum Gasteiger partial charge on any atom is -0.335 e. The van der Waals surface area contributed by atoms with Crippen molar-refractivity contribution in [3.8, 4) is 0 Å². The Morgan fingerprint density at radius 3 is 2.83 bits per heavy atom. The molecular formula is C17H19F3N8O. The van der Waals surface area contributed by atoms with E-state index in [1.165, 1.54) is 34.7 Å². The number of piperidine rings is 1. The van der Waals surface area contributed by atoms with Crippen molar-refractivity contribution < 1.29 is 18.0 Å². The second kappa shape index (κ2) is 7.35. The highest BCUT2D eigenvalue weighted by Gasteiger charge is 2.27. The number of nitrogens with two attached hydrogens (primary N) is 1. The number of aromatic nitrogens is 5. The lowest BCUT2D eigenvalue weighted by Gasteiger charge is -2.32. The van der Waals surface area contributed by atoms with Gasteiger partial charge in [-0.1, -0.05) is 0 Å². The monoisotopic (exact) mass is 408 g/mol. The first-order valence-corrected chi connectivity index (χ1v) is 8.94. The van der Waals surface area contributed by atoms with E-state index in [2.05, 4.69) is 20.5 Å². The van der Waals surface area contributed by atoms with E-state index >= 15 is 0 Å². The molecule has 9 nitrogen and oxygen atoms in total. The van der Waals surface area contributed by atoms with Crippen molar-refractivity contribution in [2.75, 3.05) is 23.3 Å². The van der Waals surface area contributed by atoms with Crippen LogP contribution in [0.4, 0.5) is 24.8 Å². The van der Waals surface area contributed by atoms with E-state index in [0.29, 0.717) is 12.1 Å². The smallest absolute Gasteiger partial charge is 0.284 e. The number of aryl methyl sites for hydroxylation is 1. The van der Waals surface area contributed by atoms with Crippen molar-refractivity contribution in [1.82, 2.24) is 24.4 Å². The average molecular weight is 408 g/mol. The molecule has 154 valence electrons. The Hall–Kier alpha value is -3.15. The Morgan fingerprint density at radius 1 is 1.31 bits per heavy atom. The van der Waals surface area contributed by atoms with Gasteiger partial charge in [0.05, 0.1) is 23.9 Å². The summed E-state index contributed by atoms with van der Waals surface area (Å²) in [6, 6.07) is 2.78. The molecule has 1 amide bonds. The molecule has 4 heterocycles. The zero-order valence-corrected chi connectivity index (χ0v) is 15.5. The lowest BCUT2D eigenvalue weighted by molar-refractivity contribution is 0.101. The molecule has 0 spiro atoms. The standard InChI is InChI=1S/C17H19F3N8O/c1-26-8-12(14(24-26)15(19)20)23-16(29)13-3-2-11-5-22-17(25-28(11)13)27-6-9(18)4-10(21)7-27/h2-3,5,8-10,15H,4,6-7,21H2,1H3,(H,23,29)/t9?,10-/m0/s1. The van der Waals surface area contributed by atoms with Gasteiger partial charge in [-0.05, 0) is 18.6 Å². The van der Waals surface area contributed by atoms with E-state index in [1.807, 2.05) is 0 Å². The van der Waals surface area contributed by atoms with E-state index in [1.54, 1.807) is 11.0 Å². The molecule has 0 saturated carbocycles. The highest BCUT2D eigenvalue weighted by atomic mass is 19.3. The van der Waals surface area contributed by atoms with Crippen LogP contribution in [0.25, 0.3) is 5.52 Å². The zero-order valence-electron chi connectivity index (χ0n) is 15.5. The molecule has 1 unspecified atom stereocenters. The number of fused-ring (bicyclic) bond motifs is 1. The first-order valence-electron chi connectivity index (χ1n) is 8.94. The topological polar surface area (TPSA) is 106 Å². The van der Waals surface area contributed by atoms with Crippen molar-refractivity contribution in [3.05, 3.63) is 35.9 Å². The number of alkyl halides is 3. The number of hydrogen-bond donors (Lipinski definition) is 2. The molecule has 1 aliphatic rings. The highest BCUT2D eigenvalue weighted by molar-refractivity contribution is 6.04. The fourth-order valence-corrected chi connectivity index (χ4v) is 3.40. The van der Waals surface area contributed by atoms with Gasteiger partial charge in [0.15, 0.2) is 5.69 Å². The van der Waals surface area contributed by atoms with E-state index in [9.17, 15) is 18.0 Å². The predicted octanol–water partition coefficient (Wildman–Crippen LogP) is 1.53. The Morgan fingerprint density at radius 2 is 2.10 bits per heavy atom. The molecular weight excluding hydrogens is 389 g/mol. The third-order valence-electron chi connectivity index (χ3n) is 4.65. The Kier molecular flexibility index (Phi) is 4.86. The number of rotatable bonds is 4. The number of carbonyl (C=O) groups is 1. The van der Waals surface area contributed by atoms with Gasteiger partial charge in [0.1, 0.15) is 11.9 Å². The van der Waals surface area contributed by atoms with E-state index < -0.39 is 24.2 Å². The van der Waals surface area contributed by atoms with E-state index in [0.717, 1.165) is 0 Å². The molecule has 12 heteroatoms. The molecule has 29 heavy (non-hydrogen) atoms. The molecule has 3 N–H and O–H groups in total. The van der Waals surface area contributed by atoms with Gasteiger partial charge in [0.2, 0.25) is 5.95 Å². The predicted molar refractivity (Wildman–Crippen MR) is 98.8 cm³/mol. The van der Waals surface area contributed by atoms with Crippen LogP contribution < -0.4 is 16.0 Å². The SMILES string of the molecule is Cn1cc(NC(=O)c2ccc3cnc(N4CC(F)C[C@H](N)C4)nn23)c(C(F)F)n1. The van der Waals surface area contributed by atoms with Crippen molar-refractivity contribution in [3.63, 3.8) is 0 Å².